The van der Waals surface area contributed by atoms with Crippen LogP contribution in [0.5, 0.6) is 0 Å². The van der Waals surface area contributed by atoms with Gasteiger partial charge in [0.15, 0.2) is 0 Å². The van der Waals surface area contributed by atoms with Crippen molar-refractivity contribution in [3.05, 3.63) is 0 Å². The molecule has 50 valence electrons. The highest BCUT2D eigenvalue weighted by atomic mass is 31.2. The van der Waals surface area contributed by atoms with Crippen LogP contribution in [0.1, 0.15) is 19.8 Å². The van der Waals surface area contributed by atoms with Gasteiger partial charge in [0.25, 0.3) is 0 Å². The van der Waals surface area contributed by atoms with Crippen molar-refractivity contribution >= 4 is 7.49 Å². The van der Waals surface area contributed by atoms with E-state index in [1.807, 2.05) is 13.3 Å². The second kappa shape index (κ2) is 3.42. The molecular formula is C6H16OP+. The Labute approximate surface area is 52.5 Å². The lowest BCUT2D eigenvalue weighted by Crippen LogP contribution is -1.91. The second-order valence-corrected chi connectivity index (χ2v) is 6.39. The Morgan fingerprint density at radius 2 is 1.88 bits per heavy atom. The fraction of sp³-hybridized carbons (Fsp3) is 1.00. The van der Waals surface area contributed by atoms with Crippen LogP contribution in [0.4, 0.5) is 0 Å². The summed E-state index contributed by atoms with van der Waals surface area (Å²) >= 11 is 0. The largest absolute Gasteiger partial charge is 0.252 e. The zero-order valence-electron chi connectivity index (χ0n) is 6.02. The molecule has 0 amide bonds. The van der Waals surface area contributed by atoms with Crippen LogP contribution in [0.15, 0.2) is 0 Å². The molecule has 0 saturated carbocycles. The lowest BCUT2D eigenvalue weighted by Gasteiger charge is -2.06. The predicted octanol–water partition coefficient (Wildman–Crippen LogP) is 1.97. The fourth-order valence-corrected chi connectivity index (χ4v) is 1.64. The number of rotatable bonds is 3. The van der Waals surface area contributed by atoms with Gasteiger partial charge in [0.1, 0.15) is 7.49 Å². The summed E-state index contributed by atoms with van der Waals surface area (Å²) in [5.41, 5.74) is 0. The molecule has 0 atom stereocenters. The molecule has 8 heavy (non-hydrogen) atoms. The van der Waals surface area contributed by atoms with Crippen LogP contribution in [0.2, 0.25) is 0 Å². The quantitative estimate of drug-likeness (QED) is 0.586. The van der Waals surface area contributed by atoms with Crippen LogP contribution in [0, 0.1) is 0 Å². The van der Waals surface area contributed by atoms with Gasteiger partial charge < -0.3 is 0 Å². The van der Waals surface area contributed by atoms with E-state index in [2.05, 4.69) is 6.92 Å². The van der Waals surface area contributed by atoms with Crippen LogP contribution >= 0.6 is 7.49 Å². The summed E-state index contributed by atoms with van der Waals surface area (Å²) in [6.45, 7) is 6.07. The molecule has 0 aliphatic rings. The zero-order chi connectivity index (χ0) is 6.62. The maximum atomic E-state index is 9.26. The molecule has 0 unspecified atom stereocenters. The lowest BCUT2D eigenvalue weighted by molar-refractivity contribution is 0.607. The average molecular weight is 135 g/mol. The number of unbranched alkanes of at least 4 members (excludes halogenated alkanes) is 1. The summed E-state index contributed by atoms with van der Waals surface area (Å²) in [4.78, 5) is 9.26. The summed E-state index contributed by atoms with van der Waals surface area (Å²) in [6, 6.07) is 0. The summed E-state index contributed by atoms with van der Waals surface area (Å²) in [7, 11) is -1.43. The second-order valence-electron chi connectivity index (χ2n) is 2.70. The third-order valence-electron chi connectivity index (χ3n) is 1.06. The van der Waals surface area contributed by atoms with Crippen molar-refractivity contribution in [2.75, 3.05) is 19.5 Å². The Hall–Kier alpha value is 0.390. The van der Waals surface area contributed by atoms with Crippen molar-refractivity contribution in [1.82, 2.24) is 0 Å². The van der Waals surface area contributed by atoms with Crippen LogP contribution < -0.4 is 0 Å². The molecule has 1 nitrogen and oxygen atoms in total. The van der Waals surface area contributed by atoms with Crippen LogP contribution in [-0.4, -0.2) is 24.4 Å². The highest BCUT2D eigenvalue weighted by Crippen LogP contribution is 2.46. The molecule has 0 fully saturated rings. The van der Waals surface area contributed by atoms with E-state index in [1.165, 1.54) is 12.8 Å². The third kappa shape index (κ3) is 6.39. The number of hydrogen-bond acceptors (Lipinski definition) is 1. The van der Waals surface area contributed by atoms with Crippen molar-refractivity contribution in [2.45, 2.75) is 19.8 Å². The first-order valence-electron chi connectivity index (χ1n) is 3.12. The average Bonchev–Trinajstić information content (AvgIpc) is 1.59. The monoisotopic (exact) mass is 135 g/mol. The highest BCUT2D eigenvalue weighted by molar-refractivity contribution is 7.68. The van der Waals surface area contributed by atoms with E-state index in [9.17, 15) is 4.89 Å². The van der Waals surface area contributed by atoms with E-state index in [1.54, 1.807) is 0 Å². The van der Waals surface area contributed by atoms with Gasteiger partial charge >= 0.3 is 0 Å². The van der Waals surface area contributed by atoms with E-state index in [-0.39, 0.29) is 0 Å². The van der Waals surface area contributed by atoms with Gasteiger partial charge in [-0.3, -0.25) is 4.89 Å². The van der Waals surface area contributed by atoms with Crippen LogP contribution in [0.25, 0.3) is 0 Å². The molecule has 0 radical (unpaired) electrons. The number of hydrogen-bond donors (Lipinski definition) is 1. The summed E-state index contributed by atoms with van der Waals surface area (Å²) in [5.74, 6) is 0. The van der Waals surface area contributed by atoms with Crippen molar-refractivity contribution < 1.29 is 4.89 Å². The minimum atomic E-state index is -1.43. The maximum absolute atomic E-state index is 9.26. The molecule has 0 spiro atoms. The smallest absolute Gasteiger partial charge is 0.136 e. The fourth-order valence-electron chi connectivity index (χ4n) is 0.545. The first kappa shape index (κ1) is 8.39. The zero-order valence-corrected chi connectivity index (χ0v) is 6.91. The van der Waals surface area contributed by atoms with Crippen molar-refractivity contribution in [3.63, 3.8) is 0 Å². The topological polar surface area (TPSA) is 20.2 Å². The van der Waals surface area contributed by atoms with Gasteiger partial charge in [-0.2, -0.15) is 0 Å². The molecule has 0 aliphatic carbocycles. The Bertz CT molecular complexity index is 56.0. The Kier molecular flexibility index (Phi) is 3.59. The first-order valence-corrected chi connectivity index (χ1v) is 5.94. The van der Waals surface area contributed by atoms with Gasteiger partial charge in [0.2, 0.25) is 0 Å². The van der Waals surface area contributed by atoms with Gasteiger partial charge in [-0.15, -0.1) is 0 Å². The van der Waals surface area contributed by atoms with Crippen molar-refractivity contribution in [1.29, 1.82) is 0 Å². The first-order chi connectivity index (χ1) is 3.56. The lowest BCUT2D eigenvalue weighted by atomic mass is 10.4. The molecule has 0 aromatic carbocycles. The molecule has 0 bridgehead atoms. The van der Waals surface area contributed by atoms with Gasteiger partial charge in [0, 0.05) is 0 Å². The van der Waals surface area contributed by atoms with Crippen molar-refractivity contribution in [2.24, 2.45) is 0 Å². The minimum Gasteiger partial charge on any atom is -0.252 e. The molecule has 1 N–H and O–H groups in total. The SMILES string of the molecule is CCCC[P+](C)(C)O. The molecule has 0 aliphatic heterocycles. The van der Waals surface area contributed by atoms with E-state index < -0.39 is 7.49 Å². The molecule has 0 heterocycles. The Balaban J connectivity index is 3.11. The normalized spacial score (nSPS) is 12.0. The van der Waals surface area contributed by atoms with E-state index in [4.69, 9.17) is 0 Å². The Morgan fingerprint density at radius 1 is 1.38 bits per heavy atom. The maximum Gasteiger partial charge on any atom is 0.136 e. The van der Waals surface area contributed by atoms with Gasteiger partial charge in [-0.25, -0.2) is 0 Å². The molecule has 0 aromatic rings. The molecule has 0 rings (SSSR count). The Morgan fingerprint density at radius 3 is 2.00 bits per heavy atom. The van der Waals surface area contributed by atoms with Gasteiger partial charge in [0.05, 0.1) is 19.5 Å². The highest BCUT2D eigenvalue weighted by Gasteiger charge is 2.18. The molecule has 0 aromatic heterocycles. The standard InChI is InChI=1S/C6H16OP/c1-4-5-6-8(2,3)7/h7H,4-6H2,1-3H3/q+1. The molecular weight excluding hydrogens is 119 g/mol. The van der Waals surface area contributed by atoms with E-state index in [0.29, 0.717) is 0 Å². The van der Waals surface area contributed by atoms with Crippen molar-refractivity contribution in [3.8, 4) is 0 Å². The van der Waals surface area contributed by atoms with Gasteiger partial charge in [-0.05, 0) is 6.42 Å². The summed E-state index contributed by atoms with van der Waals surface area (Å²) in [6.07, 6.45) is 3.41. The van der Waals surface area contributed by atoms with Crippen LogP contribution in [-0.2, 0) is 0 Å². The molecule has 0 saturated heterocycles. The van der Waals surface area contributed by atoms with E-state index >= 15 is 0 Å². The minimum absolute atomic E-state index is 1.03. The van der Waals surface area contributed by atoms with E-state index in [0.717, 1.165) is 6.16 Å². The summed E-state index contributed by atoms with van der Waals surface area (Å²) < 4.78 is 0. The van der Waals surface area contributed by atoms with Crippen LogP contribution in [0.3, 0.4) is 0 Å². The summed E-state index contributed by atoms with van der Waals surface area (Å²) in [5, 5.41) is 0. The molecule has 2 heteroatoms. The third-order valence-corrected chi connectivity index (χ3v) is 2.47. The van der Waals surface area contributed by atoms with Gasteiger partial charge in [-0.1, -0.05) is 13.3 Å². The predicted molar refractivity (Wildman–Crippen MR) is 40.8 cm³/mol.